The van der Waals surface area contributed by atoms with Crippen molar-refractivity contribution in [1.29, 1.82) is 0 Å². The molecular weight excluding hydrogens is 496 g/mol. The van der Waals surface area contributed by atoms with E-state index in [1.54, 1.807) is 0 Å². The maximum absolute atomic E-state index is 13.6. The van der Waals surface area contributed by atoms with Gasteiger partial charge in [-0.2, -0.15) is 17.6 Å². The number of carbonyl (C=O) groups is 2. The third-order valence-corrected chi connectivity index (χ3v) is 4.14. The SMILES string of the molecule is O=C(Oc1c(F)c(F)c(F)c(F)c1F)C1=CCN(C(=O)Oc2c(F)c(F)c(F)c(F)c2F)C=C1. The van der Waals surface area contributed by atoms with Crippen molar-refractivity contribution in [3.05, 3.63) is 82.1 Å². The molecule has 15 heteroatoms. The summed E-state index contributed by atoms with van der Waals surface area (Å²) >= 11 is 0. The van der Waals surface area contributed by atoms with E-state index < -0.39 is 93.9 Å². The summed E-state index contributed by atoms with van der Waals surface area (Å²) in [6, 6.07) is 0. The molecular formula is C19H5F10NO4. The van der Waals surface area contributed by atoms with Crippen molar-refractivity contribution >= 4 is 12.1 Å². The molecule has 0 radical (unpaired) electrons. The van der Waals surface area contributed by atoms with Gasteiger partial charge in [-0.25, -0.2) is 35.9 Å². The molecule has 34 heavy (non-hydrogen) atoms. The summed E-state index contributed by atoms with van der Waals surface area (Å²) < 4.78 is 142. The van der Waals surface area contributed by atoms with E-state index in [1.165, 1.54) is 0 Å². The molecule has 0 saturated heterocycles. The van der Waals surface area contributed by atoms with Crippen molar-refractivity contribution in [2.45, 2.75) is 0 Å². The van der Waals surface area contributed by atoms with Gasteiger partial charge in [0.25, 0.3) is 0 Å². The molecule has 1 aliphatic heterocycles. The third kappa shape index (κ3) is 4.15. The van der Waals surface area contributed by atoms with Crippen LogP contribution in [0.4, 0.5) is 48.7 Å². The van der Waals surface area contributed by atoms with E-state index in [4.69, 9.17) is 0 Å². The number of ether oxygens (including phenoxy) is 2. The van der Waals surface area contributed by atoms with Gasteiger partial charge < -0.3 is 9.47 Å². The molecule has 1 heterocycles. The van der Waals surface area contributed by atoms with E-state index >= 15 is 0 Å². The minimum absolute atomic E-state index is 0.452. The quantitative estimate of drug-likeness (QED) is 0.197. The van der Waals surface area contributed by atoms with Gasteiger partial charge in [-0.1, -0.05) is 6.08 Å². The fourth-order valence-electron chi connectivity index (χ4n) is 2.43. The number of esters is 1. The van der Waals surface area contributed by atoms with Crippen LogP contribution >= 0.6 is 0 Å². The molecule has 0 aliphatic carbocycles. The molecule has 0 unspecified atom stereocenters. The Hall–Kier alpha value is -4.04. The first-order valence-electron chi connectivity index (χ1n) is 8.48. The maximum atomic E-state index is 13.6. The standard InChI is InChI=1S/C19H5F10NO4/c20-6-8(22)12(26)16(13(27)9(6)23)33-18(31)5-1-3-30(4-2-5)19(32)34-17-14(28)10(24)7(21)11(25)15(17)29/h1-3H,4H2. The van der Waals surface area contributed by atoms with E-state index in [2.05, 4.69) is 9.47 Å². The maximum Gasteiger partial charge on any atom is 0.419 e. The number of hydrogen-bond donors (Lipinski definition) is 0. The Morgan fingerprint density at radius 2 is 1.00 bits per heavy atom. The van der Waals surface area contributed by atoms with Crippen LogP contribution in [0.15, 0.2) is 23.9 Å². The Bertz CT molecular complexity index is 1230. The first-order chi connectivity index (χ1) is 15.9. The molecule has 0 bridgehead atoms. The van der Waals surface area contributed by atoms with E-state index in [1.807, 2.05) is 0 Å². The summed E-state index contributed by atoms with van der Waals surface area (Å²) in [6.45, 7) is -0.674. The Kier molecular flexibility index (Phi) is 6.56. The lowest BCUT2D eigenvalue weighted by molar-refractivity contribution is -0.130. The molecule has 2 aromatic rings. The summed E-state index contributed by atoms with van der Waals surface area (Å²) in [6.07, 6.45) is 0.470. The van der Waals surface area contributed by atoms with E-state index in [0.717, 1.165) is 6.08 Å². The second-order valence-electron chi connectivity index (χ2n) is 6.18. The topological polar surface area (TPSA) is 55.8 Å². The van der Waals surface area contributed by atoms with Crippen LogP contribution in [-0.4, -0.2) is 23.5 Å². The summed E-state index contributed by atoms with van der Waals surface area (Å²) in [5.74, 6) is -29.7. The highest BCUT2D eigenvalue weighted by Crippen LogP contribution is 2.31. The van der Waals surface area contributed by atoms with Crippen LogP contribution in [0.25, 0.3) is 0 Å². The van der Waals surface area contributed by atoms with Crippen molar-refractivity contribution in [3.8, 4) is 11.5 Å². The molecule has 2 aromatic carbocycles. The van der Waals surface area contributed by atoms with Gasteiger partial charge in [-0.05, 0) is 6.08 Å². The van der Waals surface area contributed by atoms with Gasteiger partial charge in [-0.15, -0.1) is 0 Å². The zero-order valence-electron chi connectivity index (χ0n) is 15.8. The second kappa shape index (κ2) is 9.07. The summed E-state index contributed by atoms with van der Waals surface area (Å²) in [5.41, 5.74) is -0.579. The minimum atomic E-state index is -2.49. The van der Waals surface area contributed by atoms with E-state index in [0.29, 0.717) is 17.2 Å². The number of halogens is 10. The fraction of sp³-hybridized carbons (Fsp3) is 0.0526. The van der Waals surface area contributed by atoms with Crippen LogP contribution in [0.5, 0.6) is 11.5 Å². The monoisotopic (exact) mass is 501 g/mol. The normalized spacial score (nSPS) is 13.1. The Balaban J connectivity index is 1.74. The van der Waals surface area contributed by atoms with Crippen molar-refractivity contribution in [1.82, 2.24) is 4.90 Å². The summed E-state index contributed by atoms with van der Waals surface area (Å²) in [7, 11) is 0. The van der Waals surface area contributed by atoms with Crippen molar-refractivity contribution in [2.75, 3.05) is 6.54 Å². The molecule has 3 rings (SSSR count). The molecule has 0 atom stereocenters. The van der Waals surface area contributed by atoms with Crippen LogP contribution in [0.2, 0.25) is 0 Å². The number of amides is 1. The zero-order chi connectivity index (χ0) is 25.5. The lowest BCUT2D eigenvalue weighted by atomic mass is 10.2. The molecule has 1 amide bonds. The van der Waals surface area contributed by atoms with Crippen molar-refractivity contribution in [2.24, 2.45) is 0 Å². The van der Waals surface area contributed by atoms with Crippen molar-refractivity contribution in [3.63, 3.8) is 0 Å². The minimum Gasteiger partial charge on any atom is -0.416 e. The van der Waals surface area contributed by atoms with Crippen LogP contribution in [0, 0.1) is 58.2 Å². The van der Waals surface area contributed by atoms with Crippen LogP contribution in [-0.2, 0) is 4.79 Å². The number of hydrogen-bond acceptors (Lipinski definition) is 4. The van der Waals surface area contributed by atoms with Gasteiger partial charge in [0, 0.05) is 12.7 Å². The number of nitrogens with zero attached hydrogens (tertiary/aromatic N) is 1. The average Bonchev–Trinajstić information content (AvgIpc) is 2.84. The third-order valence-electron chi connectivity index (χ3n) is 4.14. The molecule has 0 fully saturated rings. The van der Waals surface area contributed by atoms with Gasteiger partial charge in [0.2, 0.25) is 69.7 Å². The number of carbonyl (C=O) groups excluding carboxylic acids is 2. The Morgan fingerprint density at radius 1 is 0.618 bits per heavy atom. The van der Waals surface area contributed by atoms with E-state index in [9.17, 15) is 53.5 Å². The van der Waals surface area contributed by atoms with Crippen LogP contribution in [0.3, 0.4) is 0 Å². The predicted octanol–water partition coefficient (Wildman–Crippen LogP) is 4.94. The first kappa shape index (κ1) is 24.6. The molecule has 0 spiro atoms. The highest BCUT2D eigenvalue weighted by atomic mass is 19.2. The van der Waals surface area contributed by atoms with Gasteiger partial charge in [0.15, 0.2) is 0 Å². The second-order valence-corrected chi connectivity index (χ2v) is 6.18. The highest BCUT2D eigenvalue weighted by molar-refractivity contribution is 5.93. The molecule has 0 aromatic heterocycles. The Morgan fingerprint density at radius 3 is 1.38 bits per heavy atom. The molecule has 1 aliphatic rings. The first-order valence-corrected chi connectivity index (χ1v) is 8.48. The largest absolute Gasteiger partial charge is 0.419 e. The lowest BCUT2D eigenvalue weighted by Crippen LogP contribution is -2.32. The van der Waals surface area contributed by atoms with Gasteiger partial charge in [-0.3, -0.25) is 4.90 Å². The smallest absolute Gasteiger partial charge is 0.416 e. The van der Waals surface area contributed by atoms with Crippen LogP contribution in [0.1, 0.15) is 0 Å². The molecule has 180 valence electrons. The molecule has 5 nitrogen and oxygen atoms in total. The van der Waals surface area contributed by atoms with Crippen LogP contribution < -0.4 is 9.47 Å². The lowest BCUT2D eigenvalue weighted by Gasteiger charge is -2.20. The number of rotatable bonds is 3. The molecule has 0 saturated carbocycles. The highest BCUT2D eigenvalue weighted by Gasteiger charge is 2.31. The van der Waals surface area contributed by atoms with Gasteiger partial charge in [0.05, 0.1) is 5.57 Å². The van der Waals surface area contributed by atoms with Gasteiger partial charge >= 0.3 is 12.1 Å². The van der Waals surface area contributed by atoms with Gasteiger partial charge in [0.1, 0.15) is 0 Å². The average molecular weight is 501 g/mol. The number of benzene rings is 2. The fourth-order valence-corrected chi connectivity index (χ4v) is 2.43. The summed E-state index contributed by atoms with van der Waals surface area (Å²) in [4.78, 5) is 24.4. The van der Waals surface area contributed by atoms with Crippen molar-refractivity contribution < 1.29 is 63.0 Å². The zero-order valence-corrected chi connectivity index (χ0v) is 15.8. The van der Waals surface area contributed by atoms with E-state index in [-0.39, 0.29) is 0 Å². The molecule has 0 N–H and O–H groups in total. The predicted molar refractivity (Wildman–Crippen MR) is 88.1 cm³/mol. The Labute approximate surface area is 181 Å². The summed E-state index contributed by atoms with van der Waals surface area (Å²) in [5, 5.41) is 0.